The predicted octanol–water partition coefficient (Wildman–Crippen LogP) is 3.80. The summed E-state index contributed by atoms with van der Waals surface area (Å²) in [6, 6.07) is 8.87. The van der Waals surface area contributed by atoms with E-state index in [0.29, 0.717) is 0 Å². The maximum absolute atomic E-state index is 3.52. The Hall–Kier alpha value is -0.340. The molecule has 1 aromatic carbocycles. The van der Waals surface area contributed by atoms with E-state index in [1.807, 2.05) is 0 Å². The third-order valence-electron chi connectivity index (χ3n) is 3.68. The molecule has 0 aromatic heterocycles. The quantitative estimate of drug-likeness (QED) is 0.870. The molecule has 2 rings (SSSR count). The number of benzene rings is 1. The lowest BCUT2D eigenvalue weighted by molar-refractivity contribution is 0.255. The first-order valence-electron chi connectivity index (χ1n) is 6.14. The van der Waals surface area contributed by atoms with Gasteiger partial charge in [0.25, 0.3) is 0 Å². The largest absolute Gasteiger partial charge is 0.316 e. The van der Waals surface area contributed by atoms with Gasteiger partial charge in [0.05, 0.1) is 0 Å². The molecule has 0 bridgehead atoms. The van der Waals surface area contributed by atoms with Crippen LogP contribution in [0, 0.1) is 11.8 Å². The molecule has 2 unspecified atom stereocenters. The van der Waals surface area contributed by atoms with Gasteiger partial charge in [-0.1, -0.05) is 41.9 Å². The predicted molar refractivity (Wildman–Crippen MR) is 72.7 cm³/mol. The van der Waals surface area contributed by atoms with Gasteiger partial charge in [-0.25, -0.2) is 0 Å². The molecule has 2 heteroatoms. The Bertz CT molecular complexity index is 331. The van der Waals surface area contributed by atoms with Gasteiger partial charge in [-0.05, 0) is 55.0 Å². The average Bonchev–Trinajstić information content (AvgIpc) is 2.30. The molecule has 16 heavy (non-hydrogen) atoms. The molecule has 1 heterocycles. The molecule has 1 fully saturated rings. The van der Waals surface area contributed by atoms with E-state index in [2.05, 4.69) is 59.4 Å². The summed E-state index contributed by atoms with van der Waals surface area (Å²) in [7, 11) is 0. The van der Waals surface area contributed by atoms with Gasteiger partial charge in [0.2, 0.25) is 0 Å². The minimum absolute atomic E-state index is 0.731. The van der Waals surface area contributed by atoms with Gasteiger partial charge in [0.1, 0.15) is 0 Å². The minimum atomic E-state index is 0.731. The van der Waals surface area contributed by atoms with Gasteiger partial charge in [-0.15, -0.1) is 0 Å². The lowest BCUT2D eigenvalue weighted by Crippen LogP contribution is -2.38. The van der Waals surface area contributed by atoms with E-state index < -0.39 is 0 Å². The van der Waals surface area contributed by atoms with Crippen LogP contribution in [0.25, 0.3) is 0 Å². The molecule has 1 aliphatic heterocycles. The molecule has 88 valence electrons. The Morgan fingerprint density at radius 3 is 2.56 bits per heavy atom. The van der Waals surface area contributed by atoms with E-state index in [9.17, 15) is 0 Å². The number of rotatable bonds is 2. The van der Waals surface area contributed by atoms with Crippen molar-refractivity contribution in [3.8, 4) is 0 Å². The van der Waals surface area contributed by atoms with Crippen LogP contribution in [0.4, 0.5) is 0 Å². The Morgan fingerprint density at radius 2 is 1.94 bits per heavy atom. The second-order valence-corrected chi connectivity index (χ2v) is 5.97. The van der Waals surface area contributed by atoms with Crippen LogP contribution in [-0.2, 0) is 0 Å². The third kappa shape index (κ3) is 2.67. The van der Waals surface area contributed by atoms with E-state index in [1.54, 1.807) is 0 Å². The molecule has 0 aliphatic carbocycles. The summed E-state index contributed by atoms with van der Waals surface area (Å²) >= 11 is 3.50. The zero-order valence-electron chi connectivity index (χ0n) is 10.0. The van der Waals surface area contributed by atoms with Crippen molar-refractivity contribution in [3.63, 3.8) is 0 Å². The smallest absolute Gasteiger partial charge is 0.0175 e. The van der Waals surface area contributed by atoms with Crippen LogP contribution in [-0.4, -0.2) is 13.1 Å². The van der Waals surface area contributed by atoms with E-state index in [1.165, 1.54) is 23.0 Å². The van der Waals surface area contributed by atoms with E-state index in [-0.39, 0.29) is 0 Å². The molecule has 1 N–H and O–H groups in total. The van der Waals surface area contributed by atoms with Crippen molar-refractivity contribution in [3.05, 3.63) is 34.3 Å². The summed E-state index contributed by atoms with van der Waals surface area (Å²) in [6.07, 6.45) is 1.27. The minimum Gasteiger partial charge on any atom is -0.316 e. The normalized spacial score (nSPS) is 26.0. The van der Waals surface area contributed by atoms with Crippen molar-refractivity contribution in [1.29, 1.82) is 0 Å². The van der Waals surface area contributed by atoms with E-state index in [0.717, 1.165) is 24.3 Å². The average molecular weight is 282 g/mol. The fraction of sp³-hybridized carbons (Fsp3) is 0.571. The maximum Gasteiger partial charge on any atom is 0.0175 e. The summed E-state index contributed by atoms with van der Waals surface area (Å²) in [5.74, 6) is 2.26. The van der Waals surface area contributed by atoms with Crippen LogP contribution in [0.2, 0.25) is 0 Å². The lowest BCUT2D eigenvalue weighted by Gasteiger charge is -2.35. The number of hydrogen-bond donors (Lipinski definition) is 1. The molecular weight excluding hydrogens is 262 g/mol. The first-order chi connectivity index (χ1) is 7.68. The van der Waals surface area contributed by atoms with Gasteiger partial charge in [0, 0.05) is 4.47 Å². The first-order valence-corrected chi connectivity index (χ1v) is 6.94. The first kappa shape index (κ1) is 12.1. The SMILES string of the molecule is CC(C)C1CNCCC1c1ccc(Br)cc1. The summed E-state index contributed by atoms with van der Waals surface area (Å²) in [6.45, 7) is 7.00. The maximum atomic E-state index is 3.52. The highest BCUT2D eigenvalue weighted by Crippen LogP contribution is 2.35. The Balaban J connectivity index is 2.19. The monoisotopic (exact) mass is 281 g/mol. The molecule has 1 nitrogen and oxygen atoms in total. The Kier molecular flexibility index (Phi) is 4.04. The molecule has 1 aromatic rings. The Morgan fingerprint density at radius 1 is 1.25 bits per heavy atom. The Labute approximate surface area is 107 Å². The zero-order valence-corrected chi connectivity index (χ0v) is 11.6. The topological polar surface area (TPSA) is 12.0 Å². The van der Waals surface area contributed by atoms with Crippen LogP contribution in [0.15, 0.2) is 28.7 Å². The fourth-order valence-electron chi connectivity index (χ4n) is 2.71. The third-order valence-corrected chi connectivity index (χ3v) is 4.21. The molecule has 0 saturated carbocycles. The highest BCUT2D eigenvalue weighted by molar-refractivity contribution is 9.10. The molecule has 0 radical (unpaired) electrons. The molecule has 1 saturated heterocycles. The highest BCUT2D eigenvalue weighted by Gasteiger charge is 2.28. The van der Waals surface area contributed by atoms with Crippen molar-refractivity contribution < 1.29 is 0 Å². The molecule has 0 spiro atoms. The van der Waals surface area contributed by atoms with E-state index in [4.69, 9.17) is 0 Å². The van der Waals surface area contributed by atoms with Crippen molar-refractivity contribution >= 4 is 15.9 Å². The van der Waals surface area contributed by atoms with Crippen LogP contribution in [0.1, 0.15) is 31.7 Å². The number of halogens is 1. The molecule has 2 atom stereocenters. The standard InChI is InChI=1S/C14H20BrN/c1-10(2)14-9-16-8-7-13(14)11-3-5-12(15)6-4-11/h3-6,10,13-14,16H,7-9H2,1-2H3. The van der Waals surface area contributed by atoms with E-state index >= 15 is 0 Å². The summed E-state index contributed by atoms with van der Waals surface area (Å²) in [4.78, 5) is 0. The van der Waals surface area contributed by atoms with Crippen molar-refractivity contribution in [2.75, 3.05) is 13.1 Å². The second-order valence-electron chi connectivity index (χ2n) is 5.06. The lowest BCUT2D eigenvalue weighted by atomic mass is 9.75. The van der Waals surface area contributed by atoms with Crippen LogP contribution in [0.5, 0.6) is 0 Å². The van der Waals surface area contributed by atoms with Crippen LogP contribution < -0.4 is 5.32 Å². The van der Waals surface area contributed by atoms with Crippen LogP contribution >= 0.6 is 15.9 Å². The molecule has 1 aliphatic rings. The van der Waals surface area contributed by atoms with Crippen molar-refractivity contribution in [2.45, 2.75) is 26.2 Å². The number of hydrogen-bond acceptors (Lipinski definition) is 1. The molecule has 0 amide bonds. The van der Waals surface area contributed by atoms with Gasteiger partial charge in [-0.3, -0.25) is 0 Å². The number of piperidine rings is 1. The van der Waals surface area contributed by atoms with Gasteiger partial charge in [-0.2, -0.15) is 0 Å². The van der Waals surface area contributed by atoms with Gasteiger partial charge < -0.3 is 5.32 Å². The fourth-order valence-corrected chi connectivity index (χ4v) is 2.97. The van der Waals surface area contributed by atoms with Crippen molar-refractivity contribution in [2.24, 2.45) is 11.8 Å². The van der Waals surface area contributed by atoms with Gasteiger partial charge in [0.15, 0.2) is 0 Å². The molecular formula is C14H20BrN. The summed E-state index contributed by atoms with van der Waals surface area (Å²) in [5.41, 5.74) is 1.50. The zero-order chi connectivity index (χ0) is 11.5. The summed E-state index contributed by atoms with van der Waals surface area (Å²) in [5, 5.41) is 3.52. The number of nitrogens with one attached hydrogen (secondary N) is 1. The second kappa shape index (κ2) is 5.33. The van der Waals surface area contributed by atoms with Crippen LogP contribution in [0.3, 0.4) is 0 Å². The van der Waals surface area contributed by atoms with Gasteiger partial charge >= 0.3 is 0 Å². The van der Waals surface area contributed by atoms with Crippen molar-refractivity contribution in [1.82, 2.24) is 5.32 Å². The summed E-state index contributed by atoms with van der Waals surface area (Å²) < 4.78 is 1.17. The highest BCUT2D eigenvalue weighted by atomic mass is 79.9.